The predicted octanol–water partition coefficient (Wildman–Crippen LogP) is 3.57. The van der Waals surface area contributed by atoms with Crippen LogP contribution in [0.15, 0.2) is 42.5 Å². The van der Waals surface area contributed by atoms with Crippen LogP contribution >= 0.6 is 0 Å². The molecule has 0 spiro atoms. The average molecular weight is 411 g/mol. The van der Waals surface area contributed by atoms with E-state index in [0.717, 1.165) is 24.0 Å². The van der Waals surface area contributed by atoms with Gasteiger partial charge >= 0.3 is 0 Å². The van der Waals surface area contributed by atoms with Crippen molar-refractivity contribution < 1.29 is 19.1 Å². The summed E-state index contributed by atoms with van der Waals surface area (Å²) in [5, 5.41) is 3.00. The van der Waals surface area contributed by atoms with Crippen LogP contribution < -0.4 is 14.8 Å². The van der Waals surface area contributed by atoms with Crippen molar-refractivity contribution in [2.75, 3.05) is 26.8 Å². The molecule has 1 atom stereocenters. The third-order valence-corrected chi connectivity index (χ3v) is 5.37. The Bertz CT molecular complexity index is 879. The summed E-state index contributed by atoms with van der Waals surface area (Å²) in [5.41, 5.74) is 2.73. The van der Waals surface area contributed by atoms with E-state index >= 15 is 0 Å². The molecule has 2 aromatic carbocycles. The van der Waals surface area contributed by atoms with Gasteiger partial charge in [0.15, 0.2) is 11.5 Å². The standard InChI is InChI=1S/C24H30N2O4/c1-4-30-21-12-9-18(14-22(21)29-3)15-25-23(27)20-6-5-13-26(16-20)24(28)19-10-7-17(2)8-11-19/h7-12,14,20H,4-6,13,15-16H2,1-3H3,(H,25,27). The molecule has 160 valence electrons. The summed E-state index contributed by atoms with van der Waals surface area (Å²) < 4.78 is 10.9. The zero-order valence-corrected chi connectivity index (χ0v) is 17.9. The Balaban J connectivity index is 1.57. The van der Waals surface area contributed by atoms with Gasteiger partial charge in [-0.05, 0) is 56.5 Å². The number of hydrogen-bond donors (Lipinski definition) is 1. The van der Waals surface area contributed by atoms with Crippen LogP contribution in [-0.4, -0.2) is 43.5 Å². The van der Waals surface area contributed by atoms with Gasteiger partial charge < -0.3 is 19.7 Å². The largest absolute Gasteiger partial charge is 0.493 e. The molecule has 1 aliphatic heterocycles. The van der Waals surface area contributed by atoms with Crippen LogP contribution in [0.1, 0.15) is 41.3 Å². The summed E-state index contributed by atoms with van der Waals surface area (Å²) >= 11 is 0. The van der Waals surface area contributed by atoms with Gasteiger partial charge in [-0.1, -0.05) is 23.8 Å². The highest BCUT2D eigenvalue weighted by Crippen LogP contribution is 2.28. The Morgan fingerprint density at radius 2 is 1.90 bits per heavy atom. The second-order valence-corrected chi connectivity index (χ2v) is 7.59. The fourth-order valence-corrected chi connectivity index (χ4v) is 3.68. The van der Waals surface area contributed by atoms with E-state index in [1.807, 2.05) is 56.3 Å². The van der Waals surface area contributed by atoms with E-state index in [1.165, 1.54) is 0 Å². The maximum Gasteiger partial charge on any atom is 0.253 e. The Hall–Kier alpha value is -3.02. The highest BCUT2D eigenvalue weighted by atomic mass is 16.5. The molecule has 3 rings (SSSR count). The molecule has 0 bridgehead atoms. The first-order chi connectivity index (χ1) is 14.5. The van der Waals surface area contributed by atoms with Crippen molar-refractivity contribution in [2.24, 2.45) is 5.92 Å². The highest BCUT2D eigenvalue weighted by molar-refractivity contribution is 5.94. The zero-order chi connectivity index (χ0) is 21.5. The van der Waals surface area contributed by atoms with Crippen molar-refractivity contribution >= 4 is 11.8 Å². The monoisotopic (exact) mass is 410 g/mol. The number of hydrogen-bond acceptors (Lipinski definition) is 4. The molecule has 6 nitrogen and oxygen atoms in total. The third-order valence-electron chi connectivity index (χ3n) is 5.37. The highest BCUT2D eigenvalue weighted by Gasteiger charge is 2.28. The molecule has 30 heavy (non-hydrogen) atoms. The second kappa shape index (κ2) is 10.1. The fourth-order valence-electron chi connectivity index (χ4n) is 3.68. The summed E-state index contributed by atoms with van der Waals surface area (Å²) in [6, 6.07) is 13.2. The Morgan fingerprint density at radius 1 is 1.13 bits per heavy atom. The maximum absolute atomic E-state index is 12.8. The number of ether oxygens (including phenoxy) is 2. The number of aryl methyl sites for hydroxylation is 1. The lowest BCUT2D eigenvalue weighted by atomic mass is 9.96. The molecule has 0 aliphatic carbocycles. The minimum atomic E-state index is -0.197. The third kappa shape index (κ3) is 5.32. The van der Waals surface area contributed by atoms with Gasteiger partial charge in [-0.15, -0.1) is 0 Å². The quantitative estimate of drug-likeness (QED) is 0.758. The van der Waals surface area contributed by atoms with Crippen LogP contribution in [0.3, 0.4) is 0 Å². The summed E-state index contributed by atoms with van der Waals surface area (Å²) in [4.78, 5) is 27.3. The molecular weight excluding hydrogens is 380 g/mol. The number of rotatable bonds is 7. The lowest BCUT2D eigenvalue weighted by Gasteiger charge is -2.32. The first-order valence-electron chi connectivity index (χ1n) is 10.4. The van der Waals surface area contributed by atoms with Crippen LogP contribution in [0.4, 0.5) is 0 Å². The van der Waals surface area contributed by atoms with E-state index in [-0.39, 0.29) is 17.7 Å². The van der Waals surface area contributed by atoms with E-state index in [9.17, 15) is 9.59 Å². The average Bonchev–Trinajstić information content (AvgIpc) is 2.78. The lowest BCUT2D eigenvalue weighted by molar-refractivity contribution is -0.126. The number of nitrogens with one attached hydrogen (secondary N) is 1. The Morgan fingerprint density at radius 3 is 2.60 bits per heavy atom. The molecule has 2 amide bonds. The molecule has 1 unspecified atom stereocenters. The van der Waals surface area contributed by atoms with Crippen molar-refractivity contribution in [3.8, 4) is 11.5 Å². The number of benzene rings is 2. The van der Waals surface area contributed by atoms with E-state index in [1.54, 1.807) is 12.0 Å². The van der Waals surface area contributed by atoms with E-state index in [0.29, 0.717) is 43.3 Å². The van der Waals surface area contributed by atoms with Crippen LogP contribution in [0.25, 0.3) is 0 Å². The first kappa shape index (κ1) is 21.7. The Labute approximate surface area is 178 Å². The molecule has 1 heterocycles. The number of carbonyl (C=O) groups is 2. The molecule has 2 aromatic rings. The van der Waals surface area contributed by atoms with E-state index in [2.05, 4.69) is 5.32 Å². The molecule has 0 radical (unpaired) electrons. The number of piperidine rings is 1. The van der Waals surface area contributed by atoms with Crippen molar-refractivity contribution in [3.63, 3.8) is 0 Å². The second-order valence-electron chi connectivity index (χ2n) is 7.59. The molecule has 1 fully saturated rings. The van der Waals surface area contributed by atoms with Gasteiger partial charge in [0, 0.05) is 25.2 Å². The summed E-state index contributed by atoms with van der Waals surface area (Å²) in [6.07, 6.45) is 1.61. The minimum Gasteiger partial charge on any atom is -0.493 e. The number of likely N-dealkylation sites (tertiary alicyclic amines) is 1. The number of nitrogens with zero attached hydrogens (tertiary/aromatic N) is 1. The van der Waals surface area contributed by atoms with Gasteiger partial charge in [-0.2, -0.15) is 0 Å². The number of methoxy groups -OCH3 is 1. The minimum absolute atomic E-state index is 0.0104. The normalized spacial score (nSPS) is 16.1. The van der Waals surface area contributed by atoms with Gasteiger partial charge in [0.25, 0.3) is 5.91 Å². The van der Waals surface area contributed by atoms with Crippen LogP contribution in [0.5, 0.6) is 11.5 Å². The lowest BCUT2D eigenvalue weighted by Crippen LogP contribution is -2.45. The topological polar surface area (TPSA) is 67.9 Å². The molecular formula is C24H30N2O4. The van der Waals surface area contributed by atoms with Gasteiger partial charge in [0.2, 0.25) is 5.91 Å². The predicted molar refractivity (Wildman–Crippen MR) is 116 cm³/mol. The van der Waals surface area contributed by atoms with Gasteiger partial charge in [0.05, 0.1) is 19.6 Å². The van der Waals surface area contributed by atoms with Gasteiger partial charge in [-0.3, -0.25) is 9.59 Å². The van der Waals surface area contributed by atoms with E-state index < -0.39 is 0 Å². The van der Waals surface area contributed by atoms with Gasteiger partial charge in [0.1, 0.15) is 0 Å². The van der Waals surface area contributed by atoms with Gasteiger partial charge in [-0.25, -0.2) is 0 Å². The van der Waals surface area contributed by atoms with Crippen molar-refractivity contribution in [3.05, 3.63) is 59.2 Å². The zero-order valence-electron chi connectivity index (χ0n) is 17.9. The summed E-state index contributed by atoms with van der Waals surface area (Å²) in [6.45, 7) is 6.02. The fraction of sp³-hybridized carbons (Fsp3) is 0.417. The van der Waals surface area contributed by atoms with Crippen LogP contribution in [0, 0.1) is 12.8 Å². The molecule has 0 saturated carbocycles. The SMILES string of the molecule is CCOc1ccc(CNC(=O)C2CCCN(C(=O)c3ccc(C)cc3)C2)cc1OC. The molecule has 6 heteroatoms. The van der Waals surface area contributed by atoms with E-state index in [4.69, 9.17) is 9.47 Å². The first-order valence-corrected chi connectivity index (χ1v) is 10.4. The van der Waals surface area contributed by atoms with Crippen molar-refractivity contribution in [2.45, 2.75) is 33.2 Å². The Kier molecular flexibility index (Phi) is 7.33. The summed E-state index contributed by atoms with van der Waals surface area (Å²) in [5.74, 6) is 1.11. The smallest absolute Gasteiger partial charge is 0.253 e. The molecule has 1 aliphatic rings. The van der Waals surface area contributed by atoms with Crippen LogP contribution in [-0.2, 0) is 11.3 Å². The maximum atomic E-state index is 12.8. The van der Waals surface area contributed by atoms with Crippen LogP contribution in [0.2, 0.25) is 0 Å². The molecule has 0 aromatic heterocycles. The van der Waals surface area contributed by atoms with Crippen molar-refractivity contribution in [1.82, 2.24) is 10.2 Å². The number of carbonyl (C=O) groups excluding carboxylic acids is 2. The molecule has 1 saturated heterocycles. The molecule has 1 N–H and O–H groups in total. The summed E-state index contributed by atoms with van der Waals surface area (Å²) in [7, 11) is 1.60. The van der Waals surface area contributed by atoms with Crippen molar-refractivity contribution in [1.29, 1.82) is 0 Å². The number of amides is 2.